The van der Waals surface area contributed by atoms with Crippen LogP contribution >= 0.6 is 11.3 Å². The molecule has 0 spiro atoms. The first-order valence-corrected chi connectivity index (χ1v) is 14.0. The summed E-state index contributed by atoms with van der Waals surface area (Å²) in [7, 11) is 0. The number of aliphatic carboxylic acids is 1. The summed E-state index contributed by atoms with van der Waals surface area (Å²) in [6.07, 6.45) is 5.98. The second-order valence-corrected chi connectivity index (χ2v) is 12.7. The zero-order chi connectivity index (χ0) is 25.9. The van der Waals surface area contributed by atoms with E-state index in [1.165, 1.54) is 25.3 Å². The molecule has 4 aliphatic carbocycles. The van der Waals surface area contributed by atoms with Crippen molar-refractivity contribution in [1.29, 1.82) is 0 Å². The number of hydrogen-bond donors (Lipinski definition) is 1. The maximum absolute atomic E-state index is 13.5. The first-order chi connectivity index (χ1) is 17.7. The fourth-order valence-corrected chi connectivity index (χ4v) is 8.92. The molecule has 0 aliphatic heterocycles. The SMILES string of the molecule is C/C(=C/C(=O)O)c1cc2c(-c3cc(C)cc(C45CC6CC(CC(C6)C4)C5)c3OCC(F)F)cccc2s1. The molecular formula is C31H32F2O3S. The van der Waals surface area contributed by atoms with Gasteiger partial charge in [0.1, 0.15) is 12.4 Å². The topological polar surface area (TPSA) is 46.5 Å². The van der Waals surface area contributed by atoms with Gasteiger partial charge in [-0.15, -0.1) is 11.3 Å². The fourth-order valence-electron chi connectivity index (χ4n) is 7.86. The Labute approximate surface area is 220 Å². The van der Waals surface area contributed by atoms with E-state index >= 15 is 0 Å². The Bertz CT molecular complexity index is 1370. The van der Waals surface area contributed by atoms with Gasteiger partial charge in [-0.05, 0) is 110 Å². The predicted octanol–water partition coefficient (Wildman–Crippen LogP) is 8.48. The van der Waals surface area contributed by atoms with Gasteiger partial charge in [0.15, 0.2) is 0 Å². The molecule has 6 heteroatoms. The van der Waals surface area contributed by atoms with Crippen molar-refractivity contribution < 1.29 is 23.4 Å². The van der Waals surface area contributed by atoms with Gasteiger partial charge in [0, 0.05) is 32.2 Å². The molecule has 4 saturated carbocycles. The summed E-state index contributed by atoms with van der Waals surface area (Å²) < 4.78 is 34.1. The number of allylic oxidation sites excluding steroid dienone is 1. The smallest absolute Gasteiger partial charge is 0.328 e. The van der Waals surface area contributed by atoms with Crippen LogP contribution in [0.5, 0.6) is 5.75 Å². The molecule has 4 aliphatic rings. The number of hydrogen-bond acceptors (Lipinski definition) is 3. The molecule has 1 N–H and O–H groups in total. The molecule has 3 aromatic rings. The van der Waals surface area contributed by atoms with Crippen LogP contribution in [0.1, 0.15) is 61.5 Å². The van der Waals surface area contributed by atoms with Gasteiger partial charge in [0.2, 0.25) is 0 Å². The number of aryl methyl sites for hydroxylation is 1. The van der Waals surface area contributed by atoms with Crippen LogP contribution in [-0.4, -0.2) is 24.1 Å². The maximum Gasteiger partial charge on any atom is 0.328 e. The molecule has 4 bridgehead atoms. The van der Waals surface area contributed by atoms with Gasteiger partial charge in [-0.3, -0.25) is 0 Å². The van der Waals surface area contributed by atoms with E-state index in [0.717, 1.165) is 74.2 Å². The monoisotopic (exact) mass is 522 g/mol. The highest BCUT2D eigenvalue weighted by Gasteiger charge is 2.52. The van der Waals surface area contributed by atoms with Crippen molar-refractivity contribution >= 4 is 33.0 Å². The average molecular weight is 523 g/mol. The van der Waals surface area contributed by atoms with E-state index in [2.05, 4.69) is 19.1 Å². The number of ether oxygens (including phenoxy) is 1. The Morgan fingerprint density at radius 2 is 1.78 bits per heavy atom. The largest absolute Gasteiger partial charge is 0.487 e. The molecule has 0 amide bonds. The first kappa shape index (κ1) is 24.6. The second kappa shape index (κ2) is 9.23. The van der Waals surface area contributed by atoms with Crippen molar-refractivity contribution in [2.45, 2.75) is 64.2 Å². The minimum atomic E-state index is -2.55. The molecule has 0 saturated heterocycles. The summed E-state index contributed by atoms with van der Waals surface area (Å²) in [6, 6.07) is 12.3. The van der Waals surface area contributed by atoms with E-state index in [-0.39, 0.29) is 5.41 Å². The van der Waals surface area contributed by atoms with Crippen LogP contribution in [0.4, 0.5) is 8.78 Å². The third kappa shape index (κ3) is 4.47. The minimum Gasteiger partial charge on any atom is -0.487 e. The number of benzene rings is 2. The van der Waals surface area contributed by atoms with Crippen molar-refractivity contribution in [1.82, 2.24) is 0 Å². The van der Waals surface area contributed by atoms with Crippen LogP contribution < -0.4 is 4.74 Å². The Hall–Kier alpha value is -2.73. The lowest BCUT2D eigenvalue weighted by Gasteiger charge is -2.57. The first-order valence-electron chi connectivity index (χ1n) is 13.2. The van der Waals surface area contributed by atoms with Crippen LogP contribution in [-0.2, 0) is 10.2 Å². The molecule has 7 rings (SSSR count). The van der Waals surface area contributed by atoms with Gasteiger partial charge in [-0.1, -0.05) is 18.2 Å². The molecule has 4 fully saturated rings. The van der Waals surface area contributed by atoms with Crippen molar-refractivity contribution in [3.05, 3.63) is 58.5 Å². The number of alkyl halides is 2. The number of halogens is 2. The predicted molar refractivity (Wildman–Crippen MR) is 145 cm³/mol. The van der Waals surface area contributed by atoms with E-state index in [1.54, 1.807) is 18.3 Å². The van der Waals surface area contributed by atoms with Crippen molar-refractivity contribution in [3.63, 3.8) is 0 Å². The lowest BCUT2D eigenvalue weighted by atomic mass is 9.48. The number of thiophene rings is 1. The van der Waals surface area contributed by atoms with Gasteiger partial charge < -0.3 is 9.84 Å². The normalized spacial score (nSPS) is 26.8. The Balaban J connectivity index is 1.53. The average Bonchev–Trinajstić information content (AvgIpc) is 3.26. The van der Waals surface area contributed by atoms with E-state index in [1.807, 2.05) is 24.3 Å². The molecular weight excluding hydrogens is 490 g/mol. The lowest BCUT2D eigenvalue weighted by molar-refractivity contribution is -0.131. The van der Waals surface area contributed by atoms with Crippen LogP contribution in [0.25, 0.3) is 26.8 Å². The summed E-state index contributed by atoms with van der Waals surface area (Å²) in [6.45, 7) is 3.26. The lowest BCUT2D eigenvalue weighted by Crippen LogP contribution is -2.48. The third-order valence-electron chi connectivity index (χ3n) is 8.78. The van der Waals surface area contributed by atoms with Crippen molar-refractivity contribution in [2.24, 2.45) is 17.8 Å². The van der Waals surface area contributed by atoms with Crippen LogP contribution in [0.15, 0.2) is 42.5 Å². The van der Waals surface area contributed by atoms with Gasteiger partial charge in [-0.25, -0.2) is 13.6 Å². The van der Waals surface area contributed by atoms with E-state index < -0.39 is 19.0 Å². The standard InChI is InChI=1S/C31H32F2O3S/c1-17-6-24(22-4-3-5-26-23(22)12-27(37-26)18(2)8-29(34)35)30(36-16-28(32)33)25(7-17)31-13-19-9-20(14-31)11-21(10-19)15-31/h3-8,12,19-21,28H,9-11,13-16H2,1-2H3,(H,34,35)/b18-8-. The van der Waals surface area contributed by atoms with Crippen LogP contribution in [0, 0.1) is 24.7 Å². The molecule has 0 atom stereocenters. The van der Waals surface area contributed by atoms with Crippen LogP contribution in [0.3, 0.4) is 0 Å². The molecule has 0 radical (unpaired) electrons. The fraction of sp³-hybridized carbons (Fsp3) is 0.452. The molecule has 1 heterocycles. The molecule has 194 valence electrons. The zero-order valence-electron chi connectivity index (χ0n) is 21.2. The quantitative estimate of drug-likeness (QED) is 0.317. The van der Waals surface area contributed by atoms with E-state index in [4.69, 9.17) is 4.74 Å². The molecule has 0 unspecified atom stereocenters. The third-order valence-corrected chi connectivity index (χ3v) is 10.0. The van der Waals surface area contributed by atoms with Crippen molar-refractivity contribution in [2.75, 3.05) is 6.61 Å². The van der Waals surface area contributed by atoms with Crippen molar-refractivity contribution in [3.8, 4) is 16.9 Å². The number of rotatable bonds is 7. The molecule has 2 aromatic carbocycles. The number of fused-ring (bicyclic) bond motifs is 1. The highest BCUT2D eigenvalue weighted by Crippen LogP contribution is 2.62. The van der Waals surface area contributed by atoms with Crippen LogP contribution in [0.2, 0.25) is 0 Å². The Morgan fingerprint density at radius 1 is 1.11 bits per heavy atom. The van der Waals surface area contributed by atoms with Gasteiger partial charge >= 0.3 is 5.97 Å². The highest BCUT2D eigenvalue weighted by molar-refractivity contribution is 7.20. The van der Waals surface area contributed by atoms with E-state index in [9.17, 15) is 18.7 Å². The number of carbonyl (C=O) groups is 1. The highest BCUT2D eigenvalue weighted by atomic mass is 32.1. The Morgan fingerprint density at radius 3 is 2.41 bits per heavy atom. The second-order valence-electron chi connectivity index (χ2n) is 11.6. The summed E-state index contributed by atoms with van der Waals surface area (Å²) >= 11 is 1.54. The number of carboxylic acid groups (broad SMARTS) is 1. The Kier molecular flexibility index (Phi) is 6.14. The van der Waals surface area contributed by atoms with Gasteiger partial charge in [0.05, 0.1) is 0 Å². The van der Waals surface area contributed by atoms with Gasteiger partial charge in [0.25, 0.3) is 6.43 Å². The van der Waals surface area contributed by atoms with E-state index in [0.29, 0.717) is 11.3 Å². The maximum atomic E-state index is 13.5. The molecule has 1 aromatic heterocycles. The summed E-state index contributed by atoms with van der Waals surface area (Å²) in [5.74, 6) is 1.82. The zero-order valence-corrected chi connectivity index (χ0v) is 22.0. The summed E-state index contributed by atoms with van der Waals surface area (Å²) in [4.78, 5) is 12.1. The number of carboxylic acids is 1. The molecule has 37 heavy (non-hydrogen) atoms. The van der Waals surface area contributed by atoms with Gasteiger partial charge in [-0.2, -0.15) is 0 Å². The molecule has 3 nitrogen and oxygen atoms in total. The minimum absolute atomic E-state index is 0.00148. The summed E-state index contributed by atoms with van der Waals surface area (Å²) in [5.41, 5.74) is 4.73. The summed E-state index contributed by atoms with van der Waals surface area (Å²) in [5, 5.41) is 10.2.